The maximum atomic E-state index is 4.34. The fourth-order valence-electron chi connectivity index (χ4n) is 2.43. The number of nitrogens with one attached hydrogen (secondary N) is 1. The van der Waals surface area contributed by atoms with Crippen LogP contribution in [0.5, 0.6) is 0 Å². The van der Waals surface area contributed by atoms with E-state index in [2.05, 4.69) is 36.0 Å². The normalized spacial score (nSPS) is 26.3. The molecule has 2 rings (SSSR count). The van der Waals surface area contributed by atoms with Crippen LogP contribution in [0.4, 0.5) is 0 Å². The Hall–Kier alpha value is -0.450. The van der Waals surface area contributed by atoms with Gasteiger partial charge < -0.3 is 5.32 Å². The summed E-state index contributed by atoms with van der Waals surface area (Å²) in [5.41, 5.74) is 0. The van der Waals surface area contributed by atoms with Crippen molar-refractivity contribution >= 4 is 11.3 Å². The predicted molar refractivity (Wildman–Crippen MR) is 73.4 cm³/mol. The third kappa shape index (κ3) is 3.50. The average molecular weight is 253 g/mol. The SMILES string of the molecule is CCCC1CN(Cc2cnc(C)s2)C(C)CN1. The summed E-state index contributed by atoms with van der Waals surface area (Å²) >= 11 is 1.82. The molecular formula is C13H23N3S. The molecule has 0 spiro atoms. The number of rotatable bonds is 4. The Labute approximate surface area is 108 Å². The maximum Gasteiger partial charge on any atom is 0.0897 e. The Morgan fingerprint density at radius 2 is 2.41 bits per heavy atom. The largest absolute Gasteiger partial charge is 0.311 e. The minimum atomic E-state index is 0.630. The minimum absolute atomic E-state index is 0.630. The van der Waals surface area contributed by atoms with Crippen LogP contribution in [0, 0.1) is 6.92 Å². The summed E-state index contributed by atoms with van der Waals surface area (Å²) in [5.74, 6) is 0. The Morgan fingerprint density at radius 1 is 1.59 bits per heavy atom. The zero-order chi connectivity index (χ0) is 12.3. The average Bonchev–Trinajstić information content (AvgIpc) is 2.69. The van der Waals surface area contributed by atoms with Crippen molar-refractivity contribution in [3.63, 3.8) is 0 Å². The molecule has 0 radical (unpaired) electrons. The van der Waals surface area contributed by atoms with Gasteiger partial charge in [0, 0.05) is 42.8 Å². The summed E-state index contributed by atoms with van der Waals surface area (Å²) in [7, 11) is 0. The van der Waals surface area contributed by atoms with Gasteiger partial charge in [-0.05, 0) is 20.3 Å². The summed E-state index contributed by atoms with van der Waals surface area (Å²) < 4.78 is 0. The zero-order valence-corrected chi connectivity index (χ0v) is 11.9. The zero-order valence-electron chi connectivity index (χ0n) is 11.1. The number of nitrogens with zero attached hydrogens (tertiary/aromatic N) is 2. The molecule has 17 heavy (non-hydrogen) atoms. The van der Waals surface area contributed by atoms with Crippen LogP contribution in [0.2, 0.25) is 0 Å². The first-order chi connectivity index (χ1) is 8.19. The van der Waals surface area contributed by atoms with E-state index in [9.17, 15) is 0 Å². The molecule has 2 atom stereocenters. The van der Waals surface area contributed by atoms with E-state index in [1.54, 1.807) is 0 Å². The summed E-state index contributed by atoms with van der Waals surface area (Å²) in [5, 5.41) is 4.81. The predicted octanol–water partition coefficient (Wildman–Crippen LogP) is 2.41. The summed E-state index contributed by atoms with van der Waals surface area (Å²) in [6, 6.07) is 1.30. The van der Waals surface area contributed by atoms with Crippen LogP contribution in [0.1, 0.15) is 36.6 Å². The minimum Gasteiger partial charge on any atom is -0.311 e. The molecule has 1 aromatic heterocycles. The molecule has 2 heterocycles. The lowest BCUT2D eigenvalue weighted by molar-refractivity contribution is 0.130. The Bertz CT molecular complexity index is 350. The highest BCUT2D eigenvalue weighted by Crippen LogP contribution is 2.18. The fourth-order valence-corrected chi connectivity index (χ4v) is 3.26. The molecule has 1 aliphatic heterocycles. The first kappa shape index (κ1) is 13.0. The van der Waals surface area contributed by atoms with Gasteiger partial charge in [0.25, 0.3) is 0 Å². The van der Waals surface area contributed by atoms with E-state index in [4.69, 9.17) is 0 Å². The van der Waals surface area contributed by atoms with Crippen LogP contribution in [0.3, 0.4) is 0 Å². The summed E-state index contributed by atoms with van der Waals surface area (Å²) in [4.78, 5) is 8.32. The molecule has 1 saturated heterocycles. The standard InChI is InChI=1S/C13H23N3S/c1-4-5-12-8-16(10(2)6-15-12)9-13-7-14-11(3)17-13/h7,10,12,15H,4-6,8-9H2,1-3H3. The van der Waals surface area contributed by atoms with Crippen LogP contribution in [0.25, 0.3) is 0 Å². The summed E-state index contributed by atoms with van der Waals surface area (Å²) in [6.07, 6.45) is 4.58. The van der Waals surface area contributed by atoms with Crippen LogP contribution >= 0.6 is 11.3 Å². The molecule has 1 aliphatic rings. The lowest BCUT2D eigenvalue weighted by atomic mass is 10.1. The van der Waals surface area contributed by atoms with Crippen molar-refractivity contribution in [2.45, 2.75) is 52.2 Å². The Kier molecular flexibility index (Phi) is 4.54. The van der Waals surface area contributed by atoms with Gasteiger partial charge in [0.05, 0.1) is 5.01 Å². The van der Waals surface area contributed by atoms with Gasteiger partial charge in [-0.3, -0.25) is 4.90 Å². The van der Waals surface area contributed by atoms with E-state index in [1.807, 2.05) is 17.5 Å². The monoisotopic (exact) mass is 253 g/mol. The van der Waals surface area contributed by atoms with E-state index in [0.717, 1.165) is 13.1 Å². The van der Waals surface area contributed by atoms with E-state index in [1.165, 1.54) is 29.3 Å². The summed E-state index contributed by atoms with van der Waals surface area (Å²) in [6.45, 7) is 10.00. The lowest BCUT2D eigenvalue weighted by Gasteiger charge is -2.38. The molecule has 4 heteroatoms. The van der Waals surface area contributed by atoms with Crippen molar-refractivity contribution in [3.8, 4) is 0 Å². The van der Waals surface area contributed by atoms with Crippen molar-refractivity contribution in [2.24, 2.45) is 0 Å². The molecule has 96 valence electrons. The van der Waals surface area contributed by atoms with Crippen LogP contribution in [-0.2, 0) is 6.54 Å². The third-order valence-corrected chi connectivity index (χ3v) is 4.34. The molecule has 1 N–H and O–H groups in total. The van der Waals surface area contributed by atoms with Gasteiger partial charge in [0.2, 0.25) is 0 Å². The van der Waals surface area contributed by atoms with Crippen molar-refractivity contribution < 1.29 is 0 Å². The smallest absolute Gasteiger partial charge is 0.0897 e. The fraction of sp³-hybridized carbons (Fsp3) is 0.769. The van der Waals surface area contributed by atoms with E-state index < -0.39 is 0 Å². The van der Waals surface area contributed by atoms with Crippen LogP contribution < -0.4 is 5.32 Å². The van der Waals surface area contributed by atoms with Gasteiger partial charge >= 0.3 is 0 Å². The van der Waals surface area contributed by atoms with Gasteiger partial charge in [-0.1, -0.05) is 13.3 Å². The molecule has 1 aromatic rings. The number of aryl methyl sites for hydroxylation is 1. The highest BCUT2D eigenvalue weighted by atomic mass is 32.1. The van der Waals surface area contributed by atoms with E-state index >= 15 is 0 Å². The highest BCUT2D eigenvalue weighted by molar-refractivity contribution is 7.11. The molecule has 0 amide bonds. The molecule has 2 unspecified atom stereocenters. The van der Waals surface area contributed by atoms with Crippen molar-refractivity contribution in [2.75, 3.05) is 13.1 Å². The Morgan fingerprint density at radius 3 is 3.06 bits per heavy atom. The van der Waals surface area contributed by atoms with Crippen molar-refractivity contribution in [1.82, 2.24) is 15.2 Å². The second kappa shape index (κ2) is 5.94. The first-order valence-electron chi connectivity index (χ1n) is 6.57. The molecule has 0 aliphatic carbocycles. The van der Waals surface area contributed by atoms with Crippen molar-refractivity contribution in [1.29, 1.82) is 0 Å². The molecule has 1 fully saturated rings. The van der Waals surface area contributed by atoms with E-state index in [0.29, 0.717) is 12.1 Å². The number of hydrogen-bond donors (Lipinski definition) is 1. The van der Waals surface area contributed by atoms with Crippen molar-refractivity contribution in [3.05, 3.63) is 16.1 Å². The second-order valence-corrected chi connectivity index (χ2v) is 6.34. The number of thiazole rings is 1. The van der Waals surface area contributed by atoms with Crippen LogP contribution in [0.15, 0.2) is 6.20 Å². The molecule has 3 nitrogen and oxygen atoms in total. The second-order valence-electron chi connectivity index (χ2n) is 5.02. The topological polar surface area (TPSA) is 28.2 Å². The number of hydrogen-bond acceptors (Lipinski definition) is 4. The quantitative estimate of drug-likeness (QED) is 0.893. The van der Waals surface area contributed by atoms with Gasteiger partial charge in [-0.2, -0.15) is 0 Å². The third-order valence-electron chi connectivity index (χ3n) is 3.45. The maximum absolute atomic E-state index is 4.34. The van der Waals surface area contributed by atoms with Gasteiger partial charge in [-0.25, -0.2) is 4.98 Å². The molecule has 0 saturated carbocycles. The molecule has 0 bridgehead atoms. The molecule has 0 aromatic carbocycles. The van der Waals surface area contributed by atoms with Gasteiger partial charge in [0.15, 0.2) is 0 Å². The van der Waals surface area contributed by atoms with Gasteiger partial charge in [-0.15, -0.1) is 11.3 Å². The lowest BCUT2D eigenvalue weighted by Crippen LogP contribution is -2.54. The van der Waals surface area contributed by atoms with Crippen LogP contribution in [-0.4, -0.2) is 35.1 Å². The number of aromatic nitrogens is 1. The van der Waals surface area contributed by atoms with Gasteiger partial charge in [0.1, 0.15) is 0 Å². The first-order valence-corrected chi connectivity index (χ1v) is 7.39. The Balaban J connectivity index is 1.93. The highest BCUT2D eigenvalue weighted by Gasteiger charge is 2.24. The molecular weight excluding hydrogens is 230 g/mol. The number of piperazine rings is 1. The van der Waals surface area contributed by atoms with E-state index in [-0.39, 0.29) is 0 Å².